The third-order valence-corrected chi connectivity index (χ3v) is 4.32. The molecule has 1 saturated heterocycles. The Bertz CT molecular complexity index is 632. The number of hydrogen-bond donors (Lipinski definition) is 3. The predicted octanol–water partition coefficient (Wildman–Crippen LogP) is 1.50. The fourth-order valence-electron chi connectivity index (χ4n) is 2.73. The molecule has 0 bridgehead atoms. The first-order valence-corrected chi connectivity index (χ1v) is 8.70. The number of nitrogens with one attached hydrogen (secondary N) is 3. The lowest BCUT2D eigenvalue weighted by Crippen LogP contribution is -2.42. The van der Waals surface area contributed by atoms with Gasteiger partial charge in [0.1, 0.15) is 0 Å². The van der Waals surface area contributed by atoms with Gasteiger partial charge in [-0.25, -0.2) is 0 Å². The van der Waals surface area contributed by atoms with E-state index in [2.05, 4.69) is 36.7 Å². The minimum atomic E-state index is -0.270. The monoisotopic (exact) mass is 345 g/mol. The molecule has 1 aliphatic rings. The van der Waals surface area contributed by atoms with Crippen LogP contribution in [-0.2, 0) is 15.0 Å². The van der Waals surface area contributed by atoms with Crippen LogP contribution in [0, 0.1) is 0 Å². The Hall–Kier alpha value is -2.37. The summed E-state index contributed by atoms with van der Waals surface area (Å²) in [5.74, 6) is -0.490. The average Bonchev–Trinajstić information content (AvgIpc) is 2.76. The van der Waals surface area contributed by atoms with Crippen molar-refractivity contribution in [2.24, 2.45) is 0 Å². The SMILES string of the molecule is CC(C)(C)c1ccc(C(=O)NCC(=O)N[C@@H]2CCNC(=O)CC2)cc1. The van der Waals surface area contributed by atoms with Gasteiger partial charge in [-0.15, -0.1) is 0 Å². The third-order valence-electron chi connectivity index (χ3n) is 4.32. The van der Waals surface area contributed by atoms with E-state index in [1.807, 2.05) is 12.1 Å². The molecule has 0 aliphatic carbocycles. The molecule has 0 unspecified atom stereocenters. The maximum atomic E-state index is 12.2. The lowest BCUT2D eigenvalue weighted by molar-refractivity contribution is -0.122. The van der Waals surface area contributed by atoms with E-state index < -0.39 is 0 Å². The summed E-state index contributed by atoms with van der Waals surface area (Å²) in [6.45, 7) is 6.84. The Labute approximate surface area is 148 Å². The Morgan fingerprint density at radius 2 is 1.84 bits per heavy atom. The zero-order chi connectivity index (χ0) is 18.4. The molecular formula is C19H27N3O3. The summed E-state index contributed by atoms with van der Waals surface area (Å²) in [5, 5.41) is 8.28. The van der Waals surface area contributed by atoms with Crippen molar-refractivity contribution in [3.05, 3.63) is 35.4 Å². The summed E-state index contributed by atoms with van der Waals surface area (Å²) in [4.78, 5) is 35.4. The molecule has 1 aliphatic heterocycles. The molecule has 1 heterocycles. The molecule has 1 aromatic carbocycles. The smallest absolute Gasteiger partial charge is 0.251 e. The maximum absolute atomic E-state index is 12.2. The highest BCUT2D eigenvalue weighted by atomic mass is 16.2. The molecule has 0 radical (unpaired) electrons. The van der Waals surface area contributed by atoms with Crippen molar-refractivity contribution in [3.63, 3.8) is 0 Å². The van der Waals surface area contributed by atoms with Crippen molar-refractivity contribution in [2.45, 2.75) is 51.5 Å². The van der Waals surface area contributed by atoms with Crippen molar-refractivity contribution in [1.29, 1.82) is 0 Å². The number of carbonyl (C=O) groups excluding carboxylic acids is 3. The van der Waals surface area contributed by atoms with Crippen LogP contribution in [0.4, 0.5) is 0 Å². The van der Waals surface area contributed by atoms with Crippen LogP contribution in [0.25, 0.3) is 0 Å². The summed E-state index contributed by atoms with van der Waals surface area (Å²) < 4.78 is 0. The van der Waals surface area contributed by atoms with Crippen LogP contribution in [0.2, 0.25) is 0 Å². The van der Waals surface area contributed by atoms with Crippen molar-refractivity contribution in [2.75, 3.05) is 13.1 Å². The summed E-state index contributed by atoms with van der Waals surface area (Å²) in [5.41, 5.74) is 1.72. The largest absolute Gasteiger partial charge is 0.356 e. The van der Waals surface area contributed by atoms with Gasteiger partial charge in [0.15, 0.2) is 0 Å². The molecule has 0 saturated carbocycles. The molecule has 25 heavy (non-hydrogen) atoms. The topological polar surface area (TPSA) is 87.3 Å². The zero-order valence-electron chi connectivity index (χ0n) is 15.1. The molecule has 1 fully saturated rings. The first-order chi connectivity index (χ1) is 11.8. The summed E-state index contributed by atoms with van der Waals surface area (Å²) in [6, 6.07) is 7.39. The van der Waals surface area contributed by atoms with E-state index in [1.54, 1.807) is 12.1 Å². The molecule has 0 aromatic heterocycles. The molecule has 3 amide bonds. The van der Waals surface area contributed by atoms with E-state index in [1.165, 1.54) is 0 Å². The lowest BCUT2D eigenvalue weighted by Gasteiger charge is -2.19. The van der Waals surface area contributed by atoms with Gasteiger partial charge in [0, 0.05) is 24.6 Å². The van der Waals surface area contributed by atoms with Gasteiger partial charge < -0.3 is 16.0 Å². The highest BCUT2D eigenvalue weighted by Gasteiger charge is 2.18. The number of rotatable bonds is 4. The van der Waals surface area contributed by atoms with Crippen molar-refractivity contribution < 1.29 is 14.4 Å². The van der Waals surface area contributed by atoms with Gasteiger partial charge in [0.2, 0.25) is 11.8 Å². The first-order valence-electron chi connectivity index (χ1n) is 8.70. The highest BCUT2D eigenvalue weighted by molar-refractivity contribution is 5.96. The van der Waals surface area contributed by atoms with Gasteiger partial charge in [-0.2, -0.15) is 0 Å². The average molecular weight is 345 g/mol. The lowest BCUT2D eigenvalue weighted by atomic mass is 9.87. The van der Waals surface area contributed by atoms with Crippen LogP contribution in [0.3, 0.4) is 0 Å². The van der Waals surface area contributed by atoms with Crippen LogP contribution in [-0.4, -0.2) is 36.9 Å². The molecule has 136 valence electrons. The Balaban J connectivity index is 1.81. The van der Waals surface area contributed by atoms with E-state index in [0.717, 1.165) is 5.56 Å². The fraction of sp³-hybridized carbons (Fsp3) is 0.526. The number of benzene rings is 1. The maximum Gasteiger partial charge on any atom is 0.251 e. The van der Waals surface area contributed by atoms with E-state index in [9.17, 15) is 14.4 Å². The number of hydrogen-bond acceptors (Lipinski definition) is 3. The van der Waals surface area contributed by atoms with Gasteiger partial charge in [0.05, 0.1) is 6.54 Å². The third kappa shape index (κ3) is 5.89. The van der Waals surface area contributed by atoms with Crippen LogP contribution in [0.1, 0.15) is 56.0 Å². The summed E-state index contributed by atoms with van der Waals surface area (Å²) in [7, 11) is 0. The molecule has 3 N–H and O–H groups in total. The van der Waals surface area contributed by atoms with Crippen molar-refractivity contribution in [3.8, 4) is 0 Å². The predicted molar refractivity (Wildman–Crippen MR) is 96.3 cm³/mol. The minimum Gasteiger partial charge on any atom is -0.356 e. The van der Waals surface area contributed by atoms with Crippen LogP contribution in [0.15, 0.2) is 24.3 Å². The number of carbonyl (C=O) groups is 3. The fourth-order valence-corrected chi connectivity index (χ4v) is 2.73. The van der Waals surface area contributed by atoms with Crippen molar-refractivity contribution in [1.82, 2.24) is 16.0 Å². The standard InChI is InChI=1S/C19H27N3O3/c1-19(2,3)14-6-4-13(5-7-14)18(25)21-12-17(24)22-15-8-9-16(23)20-11-10-15/h4-7,15H,8-12H2,1-3H3,(H,20,23)(H,21,25)(H,22,24)/t15-/m0/s1. The van der Waals surface area contributed by atoms with E-state index in [0.29, 0.717) is 31.4 Å². The Kier molecular flexibility index (Phi) is 6.17. The second-order valence-corrected chi connectivity index (χ2v) is 7.45. The number of amides is 3. The normalized spacial score (nSPS) is 18.0. The minimum absolute atomic E-state index is 0.0174. The van der Waals surface area contributed by atoms with Gasteiger partial charge >= 0.3 is 0 Å². The van der Waals surface area contributed by atoms with E-state index >= 15 is 0 Å². The zero-order valence-corrected chi connectivity index (χ0v) is 15.1. The Morgan fingerprint density at radius 1 is 1.16 bits per heavy atom. The van der Waals surface area contributed by atoms with Gasteiger partial charge in [0.25, 0.3) is 5.91 Å². The summed E-state index contributed by atoms with van der Waals surface area (Å²) in [6.07, 6.45) is 1.75. The Morgan fingerprint density at radius 3 is 2.48 bits per heavy atom. The molecule has 6 nitrogen and oxygen atoms in total. The van der Waals surface area contributed by atoms with Crippen LogP contribution >= 0.6 is 0 Å². The van der Waals surface area contributed by atoms with Crippen LogP contribution < -0.4 is 16.0 Å². The summed E-state index contributed by atoms with van der Waals surface area (Å²) >= 11 is 0. The van der Waals surface area contributed by atoms with Crippen LogP contribution in [0.5, 0.6) is 0 Å². The first kappa shape index (κ1) is 19.0. The van der Waals surface area contributed by atoms with Crippen molar-refractivity contribution >= 4 is 17.7 Å². The quantitative estimate of drug-likeness (QED) is 0.773. The van der Waals surface area contributed by atoms with E-state index in [-0.39, 0.29) is 35.7 Å². The van der Waals surface area contributed by atoms with Gasteiger partial charge in [-0.3, -0.25) is 14.4 Å². The molecular weight excluding hydrogens is 318 g/mol. The van der Waals surface area contributed by atoms with Gasteiger partial charge in [-0.05, 0) is 36.0 Å². The molecule has 1 aromatic rings. The van der Waals surface area contributed by atoms with E-state index in [4.69, 9.17) is 0 Å². The van der Waals surface area contributed by atoms with Gasteiger partial charge in [-0.1, -0.05) is 32.9 Å². The highest BCUT2D eigenvalue weighted by Crippen LogP contribution is 2.22. The molecule has 6 heteroatoms. The molecule has 2 rings (SSSR count). The molecule has 1 atom stereocenters. The second kappa shape index (κ2) is 8.14. The molecule has 0 spiro atoms. The second-order valence-electron chi connectivity index (χ2n) is 7.45.